The predicted molar refractivity (Wildman–Crippen MR) is 84.2 cm³/mol. The molecule has 3 N–H and O–H groups in total. The van der Waals surface area contributed by atoms with Crippen molar-refractivity contribution in [2.24, 2.45) is 5.73 Å². The Bertz CT molecular complexity index is 386. The van der Waals surface area contributed by atoms with Gasteiger partial charge in [-0.05, 0) is 25.0 Å². The van der Waals surface area contributed by atoms with Gasteiger partial charge in [-0.3, -0.25) is 9.78 Å². The van der Waals surface area contributed by atoms with Gasteiger partial charge in [0.15, 0.2) is 0 Å². The van der Waals surface area contributed by atoms with Crippen LogP contribution in [0.2, 0.25) is 0 Å². The third-order valence-corrected chi connectivity index (χ3v) is 3.03. The monoisotopic (exact) mass is 323 g/mol. The van der Waals surface area contributed by atoms with Crippen molar-refractivity contribution in [3.63, 3.8) is 0 Å². The van der Waals surface area contributed by atoms with Crippen LogP contribution in [0.1, 0.15) is 32.1 Å². The molecule has 5 nitrogen and oxygen atoms in total. The lowest BCUT2D eigenvalue weighted by Gasteiger charge is -2.23. The fourth-order valence-corrected chi connectivity index (χ4v) is 2.02. The number of carbonyl (C=O) groups is 1. The molecule has 7 heteroatoms. The summed E-state index contributed by atoms with van der Waals surface area (Å²) in [6.45, 7) is 1.48. The Kier molecular flexibility index (Phi) is 10.6. The van der Waals surface area contributed by atoms with E-state index in [2.05, 4.69) is 4.98 Å². The predicted octanol–water partition coefficient (Wildman–Crippen LogP) is 1.54. The number of hydrogen-bond acceptors (Lipinski definition) is 4. The first-order valence-corrected chi connectivity index (χ1v) is 5.83. The number of amides is 1. The Balaban J connectivity index is 0. The second kappa shape index (κ2) is 9.94. The fourth-order valence-electron chi connectivity index (χ4n) is 2.02. The molecule has 2 atom stereocenters. The number of likely N-dealkylation sites (tertiary alicyclic amines) is 1. The van der Waals surface area contributed by atoms with Gasteiger partial charge in [-0.2, -0.15) is 0 Å². The molecule has 1 aliphatic rings. The molecule has 20 heavy (non-hydrogen) atoms. The van der Waals surface area contributed by atoms with Gasteiger partial charge < -0.3 is 15.7 Å². The van der Waals surface area contributed by atoms with E-state index >= 15 is 0 Å². The van der Waals surface area contributed by atoms with E-state index < -0.39 is 12.1 Å². The van der Waals surface area contributed by atoms with Crippen LogP contribution in [0.3, 0.4) is 0 Å². The van der Waals surface area contributed by atoms with Crippen LogP contribution in [-0.4, -0.2) is 40.0 Å². The maximum atomic E-state index is 12.0. The van der Waals surface area contributed by atoms with Crippen LogP contribution in [0.25, 0.3) is 0 Å². The van der Waals surface area contributed by atoms with E-state index in [-0.39, 0.29) is 38.1 Å². The molecular formula is C13H23Cl2N3O2. The highest BCUT2D eigenvalue weighted by Gasteiger charge is 2.30. The minimum atomic E-state index is -1.04. The van der Waals surface area contributed by atoms with E-state index in [1.165, 1.54) is 0 Å². The molecule has 1 fully saturated rings. The number of halogens is 2. The summed E-state index contributed by atoms with van der Waals surface area (Å²) in [6, 6.07) is 4.26. The fraction of sp³-hybridized carbons (Fsp3) is 0.538. The summed E-state index contributed by atoms with van der Waals surface area (Å²) >= 11 is 0. The maximum Gasteiger partial charge on any atom is 0.242 e. The first-order chi connectivity index (χ1) is 8.20. The van der Waals surface area contributed by atoms with Gasteiger partial charge in [-0.25, -0.2) is 0 Å². The molecule has 0 radical (unpaired) electrons. The van der Waals surface area contributed by atoms with Crippen LogP contribution in [0.4, 0.5) is 0 Å². The number of nitrogens with two attached hydrogens (primary N) is 1. The molecule has 2 heterocycles. The average Bonchev–Trinajstić information content (AvgIpc) is 2.91. The molecule has 0 aliphatic carbocycles. The van der Waals surface area contributed by atoms with Gasteiger partial charge in [0.2, 0.25) is 5.91 Å². The van der Waals surface area contributed by atoms with Crippen molar-refractivity contribution < 1.29 is 9.90 Å². The first kappa shape index (κ1) is 21.4. The minimum absolute atomic E-state index is 0. The Morgan fingerprint density at radius 3 is 2.40 bits per heavy atom. The zero-order valence-electron chi connectivity index (χ0n) is 10.4. The van der Waals surface area contributed by atoms with E-state index in [0.717, 1.165) is 25.9 Å². The van der Waals surface area contributed by atoms with Crippen molar-refractivity contribution in [2.75, 3.05) is 13.1 Å². The Labute approximate surface area is 132 Å². The second-order valence-corrected chi connectivity index (χ2v) is 4.26. The number of hydrogen-bond donors (Lipinski definition) is 2. The summed E-state index contributed by atoms with van der Waals surface area (Å²) in [4.78, 5) is 17.7. The first-order valence-electron chi connectivity index (χ1n) is 5.83. The van der Waals surface area contributed by atoms with Gasteiger partial charge >= 0.3 is 0 Å². The van der Waals surface area contributed by atoms with Crippen LogP contribution in [0, 0.1) is 0 Å². The van der Waals surface area contributed by atoms with Gasteiger partial charge in [0.25, 0.3) is 0 Å². The van der Waals surface area contributed by atoms with E-state index in [1.807, 2.05) is 0 Å². The zero-order chi connectivity index (χ0) is 12.3. The molecular weight excluding hydrogens is 301 g/mol. The van der Waals surface area contributed by atoms with Gasteiger partial charge in [0, 0.05) is 19.3 Å². The molecule has 0 saturated carbocycles. The molecule has 2 rings (SSSR count). The summed E-state index contributed by atoms with van der Waals surface area (Å²) in [5.74, 6) is -0.194. The summed E-state index contributed by atoms with van der Waals surface area (Å²) in [6.07, 6.45) is 2.56. The van der Waals surface area contributed by atoms with Gasteiger partial charge in [-0.1, -0.05) is 13.5 Å². The van der Waals surface area contributed by atoms with Crippen molar-refractivity contribution in [3.8, 4) is 0 Å². The molecule has 0 unspecified atom stereocenters. The minimum Gasteiger partial charge on any atom is -0.385 e. The quantitative estimate of drug-likeness (QED) is 0.884. The smallest absolute Gasteiger partial charge is 0.242 e. The van der Waals surface area contributed by atoms with Gasteiger partial charge in [0.05, 0.1) is 5.69 Å². The van der Waals surface area contributed by atoms with Crippen LogP contribution in [-0.2, 0) is 4.79 Å². The molecule has 1 aromatic heterocycles. The van der Waals surface area contributed by atoms with Gasteiger partial charge in [-0.15, -0.1) is 24.8 Å². The number of nitrogens with zero attached hydrogens (tertiary/aromatic N) is 2. The molecule has 116 valence electrons. The third kappa shape index (κ3) is 4.90. The SMILES string of the molecule is C.Cl.Cl.N[C@@H](C(=O)N1CCCC1)[C@@H](O)c1ccccn1. The average molecular weight is 324 g/mol. The number of aliphatic hydroxyl groups is 1. The normalized spacial score (nSPS) is 16.2. The van der Waals surface area contributed by atoms with Crippen molar-refractivity contribution in [3.05, 3.63) is 30.1 Å². The number of carbonyl (C=O) groups excluding carboxylic acids is 1. The number of rotatable bonds is 3. The maximum absolute atomic E-state index is 12.0. The van der Waals surface area contributed by atoms with E-state index in [0.29, 0.717) is 5.69 Å². The standard InChI is InChI=1S/C12H17N3O2.CH4.2ClH/c13-10(12(17)15-7-3-4-8-15)11(16)9-5-1-2-6-14-9;;;/h1-2,5-6,10-11,16H,3-4,7-8,13H2;1H4;2*1H/t10-,11+;;;/m1.../s1. The molecule has 1 amide bonds. The van der Waals surface area contributed by atoms with E-state index in [4.69, 9.17) is 5.73 Å². The van der Waals surface area contributed by atoms with Crippen molar-refractivity contribution in [2.45, 2.75) is 32.4 Å². The van der Waals surface area contributed by atoms with Crippen LogP contribution < -0.4 is 5.73 Å². The lowest BCUT2D eigenvalue weighted by molar-refractivity contribution is -0.134. The second-order valence-electron chi connectivity index (χ2n) is 4.26. The summed E-state index contributed by atoms with van der Waals surface area (Å²) in [5, 5.41) is 9.98. The molecule has 0 aromatic carbocycles. The number of pyridine rings is 1. The highest BCUT2D eigenvalue weighted by molar-refractivity contribution is 5.85. The third-order valence-electron chi connectivity index (χ3n) is 3.03. The van der Waals surface area contributed by atoms with Crippen LogP contribution in [0.15, 0.2) is 24.4 Å². The highest BCUT2D eigenvalue weighted by Crippen LogP contribution is 2.16. The Morgan fingerprint density at radius 1 is 1.30 bits per heavy atom. The summed E-state index contributed by atoms with van der Waals surface area (Å²) in [7, 11) is 0. The molecule has 1 aliphatic heterocycles. The van der Waals surface area contributed by atoms with E-state index in [1.54, 1.807) is 29.3 Å². The van der Waals surface area contributed by atoms with Crippen molar-refractivity contribution >= 4 is 30.7 Å². The van der Waals surface area contributed by atoms with Crippen molar-refractivity contribution in [1.82, 2.24) is 9.88 Å². The highest BCUT2D eigenvalue weighted by atomic mass is 35.5. The molecule has 1 aromatic rings. The Hall–Kier alpha value is -0.880. The molecule has 0 bridgehead atoms. The zero-order valence-corrected chi connectivity index (χ0v) is 12.1. The van der Waals surface area contributed by atoms with E-state index in [9.17, 15) is 9.90 Å². The van der Waals surface area contributed by atoms with Gasteiger partial charge in [0.1, 0.15) is 12.1 Å². The largest absolute Gasteiger partial charge is 0.385 e. The number of aliphatic hydroxyl groups excluding tert-OH is 1. The topological polar surface area (TPSA) is 79.5 Å². The summed E-state index contributed by atoms with van der Waals surface area (Å²) < 4.78 is 0. The van der Waals surface area contributed by atoms with Crippen molar-refractivity contribution in [1.29, 1.82) is 0 Å². The Morgan fingerprint density at radius 2 is 1.90 bits per heavy atom. The molecule has 0 spiro atoms. The lowest BCUT2D eigenvalue weighted by Crippen LogP contribution is -2.46. The number of aromatic nitrogens is 1. The molecule has 1 saturated heterocycles. The van der Waals surface area contributed by atoms with Crippen LogP contribution in [0.5, 0.6) is 0 Å². The summed E-state index contributed by atoms with van der Waals surface area (Å²) in [5.41, 5.74) is 6.23. The van der Waals surface area contributed by atoms with Crippen LogP contribution >= 0.6 is 24.8 Å². The lowest BCUT2D eigenvalue weighted by atomic mass is 10.1.